The highest BCUT2D eigenvalue weighted by molar-refractivity contribution is 6.06. The average molecular weight is 250 g/mol. The zero-order valence-electron chi connectivity index (χ0n) is 10.1. The summed E-state index contributed by atoms with van der Waals surface area (Å²) in [7, 11) is 0. The number of rotatable bonds is 2. The van der Waals surface area contributed by atoms with E-state index in [0.717, 1.165) is 0 Å². The van der Waals surface area contributed by atoms with Crippen LogP contribution in [0.3, 0.4) is 0 Å². The molecule has 3 N–H and O–H groups in total. The van der Waals surface area contributed by atoms with Gasteiger partial charge in [-0.05, 0) is 26.0 Å². The topological polar surface area (TPSA) is 92.9 Å². The molecule has 0 unspecified atom stereocenters. The molecular formula is C12H14N2O4. The van der Waals surface area contributed by atoms with Crippen LogP contribution in [0.15, 0.2) is 18.2 Å². The summed E-state index contributed by atoms with van der Waals surface area (Å²) >= 11 is 0. The summed E-state index contributed by atoms with van der Waals surface area (Å²) in [6.45, 7) is 2.72. The van der Waals surface area contributed by atoms with Crippen LogP contribution in [0.4, 0.5) is 11.4 Å². The maximum atomic E-state index is 11.9. The van der Waals surface area contributed by atoms with E-state index < -0.39 is 17.4 Å². The van der Waals surface area contributed by atoms with Crippen LogP contribution in [0.5, 0.6) is 5.75 Å². The first kappa shape index (κ1) is 12.2. The molecule has 0 fully saturated rings. The molecule has 96 valence electrons. The molecule has 0 saturated heterocycles. The van der Waals surface area contributed by atoms with E-state index in [1.54, 1.807) is 18.2 Å². The summed E-state index contributed by atoms with van der Waals surface area (Å²) in [5.74, 6) is -1.11. The Morgan fingerprint density at radius 1 is 1.50 bits per heavy atom. The van der Waals surface area contributed by atoms with Gasteiger partial charge < -0.3 is 15.6 Å². The molecule has 1 aliphatic rings. The molecule has 1 heterocycles. The third-order valence-electron chi connectivity index (χ3n) is 2.94. The molecule has 0 saturated carbocycles. The number of carboxylic acids is 1. The van der Waals surface area contributed by atoms with Gasteiger partial charge in [-0.15, -0.1) is 0 Å². The number of aliphatic carboxylic acids is 1. The molecule has 1 aliphatic heterocycles. The van der Waals surface area contributed by atoms with Crippen molar-refractivity contribution >= 4 is 23.3 Å². The lowest BCUT2D eigenvalue weighted by atomic mass is 10.00. The largest absolute Gasteiger partial charge is 0.481 e. The minimum atomic E-state index is -1.38. The van der Waals surface area contributed by atoms with E-state index in [0.29, 0.717) is 17.1 Å². The van der Waals surface area contributed by atoms with E-state index in [4.69, 9.17) is 10.5 Å². The molecule has 0 aromatic heterocycles. The summed E-state index contributed by atoms with van der Waals surface area (Å²) < 4.78 is 5.26. The molecule has 0 bridgehead atoms. The predicted octanol–water partition coefficient (Wildman–Crippen LogP) is 0.857. The Bertz CT molecular complexity index is 525. The van der Waals surface area contributed by atoms with Crippen molar-refractivity contribution in [3.05, 3.63) is 18.2 Å². The van der Waals surface area contributed by atoms with Crippen molar-refractivity contribution < 1.29 is 19.4 Å². The zero-order valence-corrected chi connectivity index (χ0v) is 10.1. The van der Waals surface area contributed by atoms with Crippen LogP contribution >= 0.6 is 0 Å². The molecule has 1 amide bonds. The monoisotopic (exact) mass is 250 g/mol. The quantitative estimate of drug-likeness (QED) is 0.759. The molecule has 2 rings (SSSR count). The van der Waals surface area contributed by atoms with Crippen molar-refractivity contribution in [1.29, 1.82) is 0 Å². The number of benzene rings is 1. The first-order valence-corrected chi connectivity index (χ1v) is 5.43. The molecule has 0 atom stereocenters. The van der Waals surface area contributed by atoms with Crippen LogP contribution in [0.25, 0.3) is 0 Å². The Labute approximate surface area is 104 Å². The van der Waals surface area contributed by atoms with Crippen molar-refractivity contribution in [3.63, 3.8) is 0 Å². The third kappa shape index (κ3) is 1.66. The first-order chi connectivity index (χ1) is 8.35. The summed E-state index contributed by atoms with van der Waals surface area (Å²) in [4.78, 5) is 24.4. The number of hydrogen-bond acceptors (Lipinski definition) is 4. The minimum Gasteiger partial charge on any atom is -0.481 e. The van der Waals surface area contributed by atoms with Crippen molar-refractivity contribution in [2.45, 2.75) is 19.4 Å². The summed E-state index contributed by atoms with van der Waals surface area (Å²) in [6.07, 6.45) is 0. The molecular weight excluding hydrogens is 236 g/mol. The molecule has 18 heavy (non-hydrogen) atoms. The lowest BCUT2D eigenvalue weighted by Gasteiger charge is -2.39. The van der Waals surface area contributed by atoms with Crippen molar-refractivity contribution in [3.8, 4) is 5.75 Å². The Hall–Kier alpha value is -2.24. The van der Waals surface area contributed by atoms with Crippen LogP contribution in [-0.2, 0) is 9.59 Å². The number of nitrogen functional groups attached to an aromatic ring is 1. The van der Waals surface area contributed by atoms with E-state index in [1.165, 1.54) is 18.7 Å². The van der Waals surface area contributed by atoms with Gasteiger partial charge in [0.2, 0.25) is 0 Å². The van der Waals surface area contributed by atoms with Crippen molar-refractivity contribution in [2.24, 2.45) is 0 Å². The van der Waals surface area contributed by atoms with E-state index in [-0.39, 0.29) is 6.61 Å². The van der Waals surface area contributed by atoms with Gasteiger partial charge in [-0.3, -0.25) is 9.69 Å². The lowest BCUT2D eigenvalue weighted by molar-refractivity contribution is -0.144. The van der Waals surface area contributed by atoms with Gasteiger partial charge in [0.05, 0.1) is 5.69 Å². The van der Waals surface area contributed by atoms with Gasteiger partial charge in [0.15, 0.2) is 6.61 Å². The number of para-hydroxylation sites is 1. The summed E-state index contributed by atoms with van der Waals surface area (Å²) in [5, 5.41) is 9.25. The molecule has 1 aromatic carbocycles. The molecule has 1 aromatic rings. The normalized spacial score (nSPS) is 15.0. The number of amides is 1. The minimum absolute atomic E-state index is 0.187. The molecule has 0 aliphatic carbocycles. The van der Waals surface area contributed by atoms with Gasteiger partial charge >= 0.3 is 5.97 Å². The SMILES string of the molecule is CC(C)(C(=O)O)N1C(=O)COc2cccc(N)c21. The number of ether oxygens (including phenoxy) is 1. The van der Waals surface area contributed by atoms with E-state index in [2.05, 4.69) is 0 Å². The molecule has 0 spiro atoms. The number of nitrogens with two attached hydrogens (primary N) is 1. The smallest absolute Gasteiger partial charge is 0.329 e. The van der Waals surface area contributed by atoms with Crippen LogP contribution in [0, 0.1) is 0 Å². The number of carbonyl (C=O) groups excluding carboxylic acids is 1. The standard InChI is InChI=1S/C12H14N2O4/c1-12(2,11(16)17)14-9(15)6-18-8-5-3-4-7(13)10(8)14/h3-5H,6,13H2,1-2H3,(H,16,17). The zero-order chi connectivity index (χ0) is 13.5. The van der Waals surface area contributed by atoms with Crippen LogP contribution in [-0.4, -0.2) is 29.1 Å². The van der Waals surface area contributed by atoms with Gasteiger partial charge in [0.25, 0.3) is 5.91 Å². The Morgan fingerprint density at radius 3 is 2.78 bits per heavy atom. The van der Waals surface area contributed by atoms with Gasteiger partial charge in [0.1, 0.15) is 17.0 Å². The maximum Gasteiger partial charge on any atom is 0.329 e. The van der Waals surface area contributed by atoms with E-state index >= 15 is 0 Å². The number of carbonyl (C=O) groups is 2. The summed E-state index contributed by atoms with van der Waals surface area (Å²) in [5.41, 5.74) is 5.08. The maximum absolute atomic E-state index is 11.9. The van der Waals surface area contributed by atoms with Crippen LogP contribution in [0.1, 0.15) is 13.8 Å². The van der Waals surface area contributed by atoms with Crippen LogP contribution in [0.2, 0.25) is 0 Å². The van der Waals surface area contributed by atoms with Gasteiger partial charge in [0, 0.05) is 0 Å². The number of fused-ring (bicyclic) bond motifs is 1. The third-order valence-corrected chi connectivity index (χ3v) is 2.94. The number of nitrogens with zero attached hydrogens (tertiary/aromatic N) is 1. The fourth-order valence-electron chi connectivity index (χ4n) is 1.91. The first-order valence-electron chi connectivity index (χ1n) is 5.43. The second kappa shape index (κ2) is 3.90. The van der Waals surface area contributed by atoms with E-state index in [9.17, 15) is 14.7 Å². The van der Waals surface area contributed by atoms with Crippen molar-refractivity contribution in [2.75, 3.05) is 17.2 Å². The lowest BCUT2D eigenvalue weighted by Crippen LogP contribution is -2.56. The second-order valence-corrected chi connectivity index (χ2v) is 4.58. The van der Waals surface area contributed by atoms with Gasteiger partial charge in [-0.2, -0.15) is 0 Å². The summed E-state index contributed by atoms with van der Waals surface area (Å²) in [6, 6.07) is 4.95. The van der Waals surface area contributed by atoms with Crippen molar-refractivity contribution in [1.82, 2.24) is 0 Å². The Balaban J connectivity index is 2.62. The number of anilines is 2. The Morgan fingerprint density at radius 2 is 2.17 bits per heavy atom. The molecule has 6 nitrogen and oxygen atoms in total. The number of hydrogen-bond donors (Lipinski definition) is 2. The fourth-order valence-corrected chi connectivity index (χ4v) is 1.91. The van der Waals surface area contributed by atoms with Crippen LogP contribution < -0.4 is 15.4 Å². The highest BCUT2D eigenvalue weighted by atomic mass is 16.5. The van der Waals surface area contributed by atoms with Gasteiger partial charge in [-0.1, -0.05) is 6.07 Å². The van der Waals surface area contributed by atoms with Gasteiger partial charge in [-0.25, -0.2) is 4.79 Å². The molecule has 6 heteroatoms. The second-order valence-electron chi connectivity index (χ2n) is 4.58. The highest BCUT2D eigenvalue weighted by Crippen LogP contribution is 2.40. The molecule has 0 radical (unpaired) electrons. The average Bonchev–Trinajstić information content (AvgIpc) is 2.29. The number of carboxylic acid groups (broad SMARTS) is 1. The fraction of sp³-hybridized carbons (Fsp3) is 0.333. The highest BCUT2D eigenvalue weighted by Gasteiger charge is 2.43. The van der Waals surface area contributed by atoms with E-state index in [1.807, 2.05) is 0 Å². The Kier molecular flexibility index (Phi) is 2.65. The predicted molar refractivity (Wildman–Crippen MR) is 65.6 cm³/mol.